The minimum absolute atomic E-state index is 0.164. The van der Waals surface area contributed by atoms with Crippen molar-refractivity contribution in [2.45, 2.75) is 19.4 Å². The van der Waals surface area contributed by atoms with Crippen molar-refractivity contribution >= 4 is 23.9 Å². The van der Waals surface area contributed by atoms with Gasteiger partial charge in [0.2, 0.25) is 0 Å². The molecule has 1 heterocycles. The molecule has 0 saturated heterocycles. The van der Waals surface area contributed by atoms with Crippen molar-refractivity contribution in [3.05, 3.63) is 34.9 Å². The van der Waals surface area contributed by atoms with Gasteiger partial charge in [-0.25, -0.2) is 4.79 Å². The van der Waals surface area contributed by atoms with Crippen LogP contribution >= 0.6 is 11.6 Å². The van der Waals surface area contributed by atoms with Gasteiger partial charge >= 0.3 is 6.09 Å². The lowest BCUT2D eigenvalue weighted by Gasteiger charge is -2.22. The number of hydrogen-bond donors (Lipinski definition) is 0. The highest BCUT2D eigenvalue weighted by Gasteiger charge is 2.30. The lowest BCUT2D eigenvalue weighted by Crippen LogP contribution is -2.27. The Morgan fingerprint density at radius 1 is 1.59 bits per heavy atom. The molecule has 2 rings (SSSR count). The minimum atomic E-state index is -0.439. The summed E-state index contributed by atoms with van der Waals surface area (Å²) in [7, 11) is 0. The van der Waals surface area contributed by atoms with Crippen LogP contribution in [-0.2, 0) is 4.74 Å². The molecule has 0 aromatic heterocycles. The summed E-state index contributed by atoms with van der Waals surface area (Å²) in [6.07, 6.45) is 1.92. The fraction of sp³-hybridized carbons (Fsp3) is 0.333. The molecule has 0 radical (unpaired) electrons. The molecule has 1 aromatic carbocycles. The van der Waals surface area contributed by atoms with Crippen molar-refractivity contribution in [1.29, 1.82) is 0 Å². The van der Waals surface area contributed by atoms with E-state index in [-0.39, 0.29) is 6.04 Å². The lowest BCUT2D eigenvalue weighted by molar-refractivity contribution is 0.0975. The Balaban J connectivity index is 2.22. The van der Waals surface area contributed by atoms with Gasteiger partial charge in [-0.3, -0.25) is 0 Å². The van der Waals surface area contributed by atoms with Crippen molar-refractivity contribution in [2.24, 2.45) is 5.10 Å². The van der Waals surface area contributed by atoms with Crippen LogP contribution in [0.2, 0.25) is 5.02 Å². The number of nitrogens with zero attached hydrogens (tertiary/aromatic N) is 2. The number of carbonyl (C=O) groups is 1. The summed E-state index contributed by atoms with van der Waals surface area (Å²) < 4.78 is 4.95. The van der Waals surface area contributed by atoms with Gasteiger partial charge in [0.15, 0.2) is 0 Å². The Hall–Kier alpha value is -1.55. The third kappa shape index (κ3) is 2.42. The van der Waals surface area contributed by atoms with Crippen LogP contribution in [0.1, 0.15) is 24.9 Å². The third-order valence-electron chi connectivity index (χ3n) is 2.55. The normalized spacial score (nSPS) is 18.5. The zero-order chi connectivity index (χ0) is 12.3. The van der Waals surface area contributed by atoms with Crippen molar-refractivity contribution in [3.63, 3.8) is 0 Å². The van der Waals surface area contributed by atoms with E-state index in [1.807, 2.05) is 18.2 Å². The molecule has 1 aliphatic rings. The van der Waals surface area contributed by atoms with Crippen LogP contribution in [0.3, 0.4) is 0 Å². The summed E-state index contributed by atoms with van der Waals surface area (Å²) in [6, 6.07) is 7.29. The first-order chi connectivity index (χ1) is 8.24. The van der Waals surface area contributed by atoms with Gasteiger partial charge in [-0.2, -0.15) is 10.1 Å². The molecule has 0 fully saturated rings. The molecule has 90 valence electrons. The number of hydrazone groups is 1. The number of carbonyl (C=O) groups excluding carboxylic acids is 1. The Bertz CT molecular complexity index is 448. The van der Waals surface area contributed by atoms with Gasteiger partial charge in [-0.15, -0.1) is 0 Å². The fourth-order valence-electron chi connectivity index (χ4n) is 1.78. The van der Waals surface area contributed by atoms with Crippen LogP contribution in [0, 0.1) is 0 Å². The standard InChI is InChI=1S/C12H13ClN2O2/c1-2-17-12(16)15-11(7-8-14-15)9-5-3-4-6-10(9)13/h3-6,8,11H,2,7H2,1H3. The number of rotatable bonds is 2. The largest absolute Gasteiger partial charge is 0.448 e. The molecule has 1 atom stereocenters. The lowest BCUT2D eigenvalue weighted by atomic mass is 10.1. The van der Waals surface area contributed by atoms with Gasteiger partial charge in [-0.1, -0.05) is 29.8 Å². The average Bonchev–Trinajstić information content (AvgIpc) is 2.79. The molecule has 0 N–H and O–H groups in total. The molecule has 1 unspecified atom stereocenters. The summed E-state index contributed by atoms with van der Waals surface area (Å²) in [5, 5.41) is 6.00. The quantitative estimate of drug-likeness (QED) is 0.811. The zero-order valence-electron chi connectivity index (χ0n) is 9.47. The van der Waals surface area contributed by atoms with Crippen molar-refractivity contribution in [2.75, 3.05) is 6.61 Å². The maximum absolute atomic E-state index is 11.7. The van der Waals surface area contributed by atoms with Gasteiger partial charge in [0, 0.05) is 17.7 Å². The molecule has 17 heavy (non-hydrogen) atoms. The van der Waals surface area contributed by atoms with E-state index in [0.717, 1.165) is 5.56 Å². The Labute approximate surface area is 105 Å². The van der Waals surface area contributed by atoms with Crippen LogP contribution in [-0.4, -0.2) is 23.9 Å². The number of ether oxygens (including phenoxy) is 1. The van der Waals surface area contributed by atoms with E-state index in [1.165, 1.54) is 5.01 Å². The molecule has 0 spiro atoms. The maximum Gasteiger partial charge on any atom is 0.430 e. The number of hydrogen-bond acceptors (Lipinski definition) is 3. The molecular weight excluding hydrogens is 240 g/mol. The zero-order valence-corrected chi connectivity index (χ0v) is 10.2. The highest BCUT2D eigenvalue weighted by molar-refractivity contribution is 6.31. The van der Waals surface area contributed by atoms with Crippen LogP contribution < -0.4 is 0 Å². The topological polar surface area (TPSA) is 41.9 Å². The predicted octanol–water partition coefficient (Wildman–Crippen LogP) is 3.23. The maximum atomic E-state index is 11.7. The average molecular weight is 253 g/mol. The van der Waals surface area contributed by atoms with Gasteiger partial charge in [0.25, 0.3) is 0 Å². The summed E-state index contributed by atoms with van der Waals surface area (Å²) in [5.74, 6) is 0. The van der Waals surface area contributed by atoms with Crippen molar-refractivity contribution < 1.29 is 9.53 Å². The van der Waals surface area contributed by atoms with Gasteiger partial charge in [0.1, 0.15) is 0 Å². The molecule has 1 amide bonds. The van der Waals surface area contributed by atoms with Crippen LogP contribution in [0.15, 0.2) is 29.4 Å². The molecule has 1 aromatic rings. The molecule has 4 nitrogen and oxygen atoms in total. The minimum Gasteiger partial charge on any atom is -0.448 e. The molecular formula is C12H13ClN2O2. The second-order valence-electron chi connectivity index (χ2n) is 3.61. The van der Waals surface area contributed by atoms with E-state index in [0.29, 0.717) is 18.1 Å². The monoisotopic (exact) mass is 252 g/mol. The van der Waals surface area contributed by atoms with Gasteiger partial charge in [0.05, 0.1) is 12.6 Å². The second kappa shape index (κ2) is 5.19. The Kier molecular flexibility index (Phi) is 3.64. The molecule has 1 aliphatic heterocycles. The van der Waals surface area contributed by atoms with Crippen LogP contribution in [0.4, 0.5) is 4.79 Å². The summed E-state index contributed by atoms with van der Waals surface area (Å²) in [6.45, 7) is 2.10. The second-order valence-corrected chi connectivity index (χ2v) is 4.02. The van der Waals surface area contributed by atoms with Crippen molar-refractivity contribution in [1.82, 2.24) is 5.01 Å². The SMILES string of the molecule is CCOC(=O)N1N=CCC1c1ccccc1Cl. The Morgan fingerprint density at radius 2 is 2.35 bits per heavy atom. The number of benzene rings is 1. The van der Waals surface area contributed by atoms with E-state index in [2.05, 4.69) is 5.10 Å². The molecule has 5 heteroatoms. The van der Waals surface area contributed by atoms with Gasteiger partial charge < -0.3 is 4.74 Å². The fourth-order valence-corrected chi connectivity index (χ4v) is 2.04. The first-order valence-corrected chi connectivity index (χ1v) is 5.84. The van der Waals surface area contributed by atoms with E-state index in [1.54, 1.807) is 19.2 Å². The van der Waals surface area contributed by atoms with Gasteiger partial charge in [-0.05, 0) is 18.6 Å². The number of amides is 1. The predicted molar refractivity (Wildman–Crippen MR) is 66.2 cm³/mol. The van der Waals surface area contributed by atoms with Crippen molar-refractivity contribution in [3.8, 4) is 0 Å². The molecule has 0 bridgehead atoms. The highest BCUT2D eigenvalue weighted by Crippen LogP contribution is 2.32. The van der Waals surface area contributed by atoms with Crippen LogP contribution in [0.25, 0.3) is 0 Å². The molecule has 0 saturated carbocycles. The van der Waals surface area contributed by atoms with E-state index < -0.39 is 6.09 Å². The first-order valence-electron chi connectivity index (χ1n) is 5.47. The number of halogens is 1. The highest BCUT2D eigenvalue weighted by atomic mass is 35.5. The summed E-state index contributed by atoms with van der Waals surface area (Å²) in [4.78, 5) is 11.7. The summed E-state index contributed by atoms with van der Waals surface area (Å²) >= 11 is 6.12. The smallest absolute Gasteiger partial charge is 0.430 e. The third-order valence-corrected chi connectivity index (χ3v) is 2.89. The van der Waals surface area contributed by atoms with E-state index >= 15 is 0 Å². The summed E-state index contributed by atoms with van der Waals surface area (Å²) in [5.41, 5.74) is 0.889. The van der Waals surface area contributed by atoms with Crippen LogP contribution in [0.5, 0.6) is 0 Å². The van der Waals surface area contributed by atoms with E-state index in [4.69, 9.17) is 16.3 Å². The first kappa shape index (κ1) is 11.9. The van der Waals surface area contributed by atoms with E-state index in [9.17, 15) is 4.79 Å². The Morgan fingerprint density at radius 3 is 3.06 bits per heavy atom. The molecule has 0 aliphatic carbocycles.